The van der Waals surface area contributed by atoms with Crippen molar-refractivity contribution < 1.29 is 4.74 Å². The van der Waals surface area contributed by atoms with E-state index in [2.05, 4.69) is 47.5 Å². The molecule has 2 nitrogen and oxygen atoms in total. The second kappa shape index (κ2) is 6.14. The topological polar surface area (TPSA) is 25.0 Å². The average Bonchev–Trinajstić information content (AvgIpc) is 3.08. The van der Waals surface area contributed by atoms with Crippen LogP contribution in [0, 0.1) is 0 Å². The second-order valence-electron chi connectivity index (χ2n) is 4.78. The van der Waals surface area contributed by atoms with E-state index in [1.165, 1.54) is 11.1 Å². The Morgan fingerprint density at radius 3 is 2.38 bits per heavy atom. The molecule has 0 unspecified atom stereocenters. The fraction of sp³-hybridized carbons (Fsp3) is 0.0526. The highest BCUT2D eigenvalue weighted by atomic mass is 16.5. The van der Waals surface area contributed by atoms with Crippen LogP contribution >= 0.6 is 0 Å². The zero-order valence-electron chi connectivity index (χ0n) is 11.9. The summed E-state index contributed by atoms with van der Waals surface area (Å²) >= 11 is 0. The molecular formula is C19H17NO. The standard InChI is InChI=1S/C19H17NO/c1-21-17-12-9-15(10-13-17)8-11-16-5-2-3-6-18(16)19-7-4-14-20-19/h2-14,20H,1H3/b11-8+. The smallest absolute Gasteiger partial charge is 0.118 e. The van der Waals surface area contributed by atoms with Crippen LogP contribution < -0.4 is 4.74 Å². The lowest BCUT2D eigenvalue weighted by Gasteiger charge is -2.04. The minimum absolute atomic E-state index is 0.874. The van der Waals surface area contributed by atoms with Crippen molar-refractivity contribution in [3.8, 4) is 17.0 Å². The quantitative estimate of drug-likeness (QED) is 0.676. The van der Waals surface area contributed by atoms with Crippen molar-refractivity contribution >= 4 is 12.2 Å². The highest BCUT2D eigenvalue weighted by molar-refractivity contribution is 5.79. The SMILES string of the molecule is COc1ccc(/C=C/c2ccccc2-c2ccc[nH]2)cc1. The summed E-state index contributed by atoms with van der Waals surface area (Å²) in [6.07, 6.45) is 6.19. The Morgan fingerprint density at radius 1 is 0.857 bits per heavy atom. The number of H-pyrrole nitrogens is 1. The molecule has 1 N–H and O–H groups in total. The Balaban J connectivity index is 1.89. The molecule has 3 rings (SSSR count). The minimum Gasteiger partial charge on any atom is -0.497 e. The van der Waals surface area contributed by atoms with Gasteiger partial charge in [0.15, 0.2) is 0 Å². The van der Waals surface area contributed by atoms with E-state index in [9.17, 15) is 0 Å². The van der Waals surface area contributed by atoms with Gasteiger partial charge in [0, 0.05) is 17.5 Å². The fourth-order valence-corrected chi connectivity index (χ4v) is 2.29. The van der Waals surface area contributed by atoms with Gasteiger partial charge in [0.05, 0.1) is 7.11 Å². The normalized spacial score (nSPS) is 10.9. The third-order valence-electron chi connectivity index (χ3n) is 3.42. The summed E-state index contributed by atoms with van der Waals surface area (Å²) in [7, 11) is 1.68. The summed E-state index contributed by atoms with van der Waals surface area (Å²) in [5.41, 5.74) is 4.67. The van der Waals surface area contributed by atoms with Crippen molar-refractivity contribution in [2.45, 2.75) is 0 Å². The maximum Gasteiger partial charge on any atom is 0.118 e. The first kappa shape index (κ1) is 13.3. The third kappa shape index (κ3) is 3.06. The summed E-state index contributed by atoms with van der Waals surface area (Å²) < 4.78 is 5.17. The summed E-state index contributed by atoms with van der Waals surface area (Å²) in [4.78, 5) is 3.26. The Hall–Kier alpha value is -2.74. The van der Waals surface area contributed by atoms with Gasteiger partial charge in [0.1, 0.15) is 5.75 Å². The molecule has 21 heavy (non-hydrogen) atoms. The highest BCUT2D eigenvalue weighted by Gasteiger charge is 2.02. The molecule has 3 aromatic rings. The predicted molar refractivity (Wildman–Crippen MR) is 88.2 cm³/mol. The Bertz CT molecular complexity index is 725. The maximum atomic E-state index is 5.17. The first-order valence-corrected chi connectivity index (χ1v) is 6.92. The average molecular weight is 275 g/mol. The minimum atomic E-state index is 0.874. The molecule has 0 fully saturated rings. The number of hydrogen-bond acceptors (Lipinski definition) is 1. The molecule has 0 bridgehead atoms. The Morgan fingerprint density at radius 2 is 1.67 bits per heavy atom. The molecular weight excluding hydrogens is 258 g/mol. The van der Waals surface area contributed by atoms with Crippen molar-refractivity contribution in [1.29, 1.82) is 0 Å². The first-order valence-electron chi connectivity index (χ1n) is 6.92. The van der Waals surface area contributed by atoms with Crippen LogP contribution in [0.1, 0.15) is 11.1 Å². The molecule has 0 aliphatic rings. The van der Waals surface area contributed by atoms with Crippen molar-refractivity contribution in [2.75, 3.05) is 7.11 Å². The van der Waals surface area contributed by atoms with E-state index in [4.69, 9.17) is 4.74 Å². The molecule has 1 heterocycles. The van der Waals surface area contributed by atoms with Crippen LogP contribution in [-0.2, 0) is 0 Å². The summed E-state index contributed by atoms with van der Waals surface area (Å²) in [6.45, 7) is 0. The van der Waals surface area contributed by atoms with Crippen LogP contribution in [0.2, 0.25) is 0 Å². The van der Waals surface area contributed by atoms with E-state index in [-0.39, 0.29) is 0 Å². The predicted octanol–water partition coefficient (Wildman–Crippen LogP) is 4.86. The number of aromatic nitrogens is 1. The molecule has 1 aromatic heterocycles. The van der Waals surface area contributed by atoms with Gasteiger partial charge >= 0.3 is 0 Å². The van der Waals surface area contributed by atoms with Crippen molar-refractivity contribution in [1.82, 2.24) is 4.98 Å². The lowest BCUT2D eigenvalue weighted by Crippen LogP contribution is -1.83. The molecule has 2 aromatic carbocycles. The molecule has 0 saturated heterocycles. The molecule has 0 spiro atoms. The third-order valence-corrected chi connectivity index (χ3v) is 3.42. The van der Waals surface area contributed by atoms with Crippen molar-refractivity contribution in [3.63, 3.8) is 0 Å². The Kier molecular flexibility index (Phi) is 3.88. The van der Waals surface area contributed by atoms with Crippen LogP contribution in [0.3, 0.4) is 0 Å². The molecule has 0 radical (unpaired) electrons. The number of hydrogen-bond donors (Lipinski definition) is 1. The number of aromatic amines is 1. The highest BCUT2D eigenvalue weighted by Crippen LogP contribution is 2.24. The maximum absolute atomic E-state index is 5.17. The van der Waals surface area contributed by atoms with Crippen LogP contribution in [-0.4, -0.2) is 12.1 Å². The van der Waals surface area contributed by atoms with Gasteiger partial charge in [0.25, 0.3) is 0 Å². The molecule has 0 atom stereocenters. The van der Waals surface area contributed by atoms with E-state index in [1.54, 1.807) is 7.11 Å². The lowest BCUT2D eigenvalue weighted by molar-refractivity contribution is 0.415. The van der Waals surface area contributed by atoms with E-state index >= 15 is 0 Å². The van der Waals surface area contributed by atoms with E-state index < -0.39 is 0 Å². The second-order valence-corrected chi connectivity index (χ2v) is 4.78. The van der Waals surface area contributed by atoms with Gasteiger partial charge in [0.2, 0.25) is 0 Å². The van der Waals surface area contributed by atoms with Gasteiger partial charge in [-0.3, -0.25) is 0 Å². The summed E-state index contributed by atoms with van der Waals surface area (Å²) in [5.74, 6) is 0.874. The molecule has 0 aliphatic heterocycles. The number of rotatable bonds is 4. The van der Waals surface area contributed by atoms with Gasteiger partial charge in [-0.2, -0.15) is 0 Å². The van der Waals surface area contributed by atoms with Crippen molar-refractivity contribution in [3.05, 3.63) is 78.0 Å². The zero-order chi connectivity index (χ0) is 14.5. The Labute approximate surface area is 124 Å². The number of nitrogens with one attached hydrogen (secondary N) is 1. The zero-order valence-corrected chi connectivity index (χ0v) is 11.9. The van der Waals surface area contributed by atoms with Gasteiger partial charge in [-0.1, -0.05) is 48.6 Å². The van der Waals surface area contributed by atoms with Gasteiger partial charge in [-0.05, 0) is 35.4 Å². The fourth-order valence-electron chi connectivity index (χ4n) is 2.29. The summed E-state index contributed by atoms with van der Waals surface area (Å²) in [5, 5.41) is 0. The number of ether oxygens (including phenoxy) is 1. The molecule has 104 valence electrons. The van der Waals surface area contributed by atoms with Crippen molar-refractivity contribution in [2.24, 2.45) is 0 Å². The largest absolute Gasteiger partial charge is 0.497 e. The van der Waals surface area contributed by atoms with Crippen LogP contribution in [0.5, 0.6) is 5.75 Å². The lowest BCUT2D eigenvalue weighted by atomic mass is 10.0. The van der Waals surface area contributed by atoms with Gasteiger partial charge < -0.3 is 9.72 Å². The molecule has 2 heteroatoms. The molecule has 0 saturated carbocycles. The van der Waals surface area contributed by atoms with Crippen LogP contribution in [0.4, 0.5) is 0 Å². The van der Waals surface area contributed by atoms with E-state index in [0.717, 1.165) is 17.0 Å². The number of benzene rings is 2. The van der Waals surface area contributed by atoms with Gasteiger partial charge in [-0.15, -0.1) is 0 Å². The summed E-state index contributed by atoms with van der Waals surface area (Å²) in [6, 6.07) is 20.5. The first-order chi connectivity index (χ1) is 10.4. The van der Waals surface area contributed by atoms with E-state index in [0.29, 0.717) is 0 Å². The van der Waals surface area contributed by atoms with E-state index in [1.807, 2.05) is 36.5 Å². The van der Waals surface area contributed by atoms with Crippen LogP contribution in [0.25, 0.3) is 23.4 Å². The van der Waals surface area contributed by atoms with Gasteiger partial charge in [-0.25, -0.2) is 0 Å². The molecule has 0 amide bonds. The molecule has 0 aliphatic carbocycles. The van der Waals surface area contributed by atoms with Crippen LogP contribution in [0.15, 0.2) is 66.9 Å². The number of methoxy groups -OCH3 is 1. The monoisotopic (exact) mass is 275 g/mol.